The summed E-state index contributed by atoms with van der Waals surface area (Å²) in [5, 5.41) is 5.81. The number of hydrogen-bond acceptors (Lipinski definition) is 1. The number of carbonyl (C=O) groups is 1. The standard InChI is InChI=1S/C25H28N2O/c1-2-18-4-3-5-21-20-7-6-19(11-22(20)27-23(18)21)26-24(28)25-12-15-8-16(13-25)10-17(9-15)14-25/h3-7,11,15-17,27H,2,8-10,12-14H2,1H3,(H,26,28). The van der Waals surface area contributed by atoms with Crippen molar-refractivity contribution in [2.45, 2.75) is 51.9 Å². The van der Waals surface area contributed by atoms with Gasteiger partial charge in [-0.2, -0.15) is 0 Å². The molecule has 7 rings (SSSR count). The Bertz CT molecular complexity index is 1060. The van der Waals surface area contributed by atoms with Gasteiger partial charge in [0.1, 0.15) is 0 Å². The average Bonchev–Trinajstić information content (AvgIpc) is 3.04. The van der Waals surface area contributed by atoms with Gasteiger partial charge in [-0.1, -0.05) is 31.2 Å². The lowest BCUT2D eigenvalue weighted by Gasteiger charge is -2.55. The van der Waals surface area contributed by atoms with Crippen molar-refractivity contribution in [2.75, 3.05) is 5.32 Å². The summed E-state index contributed by atoms with van der Waals surface area (Å²) in [6.07, 6.45) is 8.45. The minimum Gasteiger partial charge on any atom is -0.354 e. The fourth-order valence-electron chi connectivity index (χ4n) is 7.01. The van der Waals surface area contributed by atoms with Gasteiger partial charge in [-0.05, 0) is 80.4 Å². The molecule has 2 aromatic carbocycles. The molecule has 3 nitrogen and oxygen atoms in total. The molecule has 3 aromatic rings. The van der Waals surface area contributed by atoms with E-state index in [0.29, 0.717) is 0 Å². The molecular formula is C25H28N2O. The van der Waals surface area contributed by atoms with Crippen LogP contribution in [0, 0.1) is 23.2 Å². The molecule has 4 aliphatic rings. The van der Waals surface area contributed by atoms with E-state index < -0.39 is 0 Å². The number of hydrogen-bond donors (Lipinski definition) is 2. The first kappa shape index (κ1) is 16.6. The van der Waals surface area contributed by atoms with Gasteiger partial charge < -0.3 is 10.3 Å². The maximum absolute atomic E-state index is 13.4. The summed E-state index contributed by atoms with van der Waals surface area (Å²) >= 11 is 0. The van der Waals surface area contributed by atoms with Gasteiger partial charge >= 0.3 is 0 Å². The third-order valence-corrected chi connectivity index (χ3v) is 7.88. The van der Waals surface area contributed by atoms with Crippen molar-refractivity contribution in [1.29, 1.82) is 0 Å². The fourth-order valence-corrected chi connectivity index (χ4v) is 7.01. The largest absolute Gasteiger partial charge is 0.354 e. The Hall–Kier alpha value is -2.29. The third kappa shape index (κ3) is 2.38. The topological polar surface area (TPSA) is 44.9 Å². The van der Waals surface area contributed by atoms with Crippen LogP contribution in [0.3, 0.4) is 0 Å². The van der Waals surface area contributed by atoms with Crippen molar-refractivity contribution < 1.29 is 4.79 Å². The molecule has 0 saturated heterocycles. The highest BCUT2D eigenvalue weighted by molar-refractivity contribution is 6.09. The Morgan fingerprint density at radius 2 is 1.75 bits per heavy atom. The van der Waals surface area contributed by atoms with Crippen molar-refractivity contribution >= 4 is 33.4 Å². The van der Waals surface area contributed by atoms with Crippen LogP contribution >= 0.6 is 0 Å². The summed E-state index contributed by atoms with van der Waals surface area (Å²) in [5.74, 6) is 2.65. The van der Waals surface area contributed by atoms with Crippen LogP contribution in [0.4, 0.5) is 5.69 Å². The number of para-hydroxylation sites is 1. The van der Waals surface area contributed by atoms with Crippen molar-refractivity contribution in [3.63, 3.8) is 0 Å². The van der Waals surface area contributed by atoms with Crippen LogP contribution in [-0.4, -0.2) is 10.9 Å². The lowest BCUT2D eigenvalue weighted by Crippen LogP contribution is -2.51. The summed E-state index contributed by atoms with van der Waals surface area (Å²) in [6, 6.07) is 12.9. The van der Waals surface area contributed by atoms with E-state index >= 15 is 0 Å². The number of carbonyl (C=O) groups excluding carboxylic acids is 1. The lowest BCUT2D eigenvalue weighted by molar-refractivity contribution is -0.140. The van der Waals surface area contributed by atoms with Crippen molar-refractivity contribution in [1.82, 2.24) is 4.98 Å². The summed E-state index contributed by atoms with van der Waals surface area (Å²) in [6.45, 7) is 2.19. The van der Waals surface area contributed by atoms with Crippen molar-refractivity contribution in [2.24, 2.45) is 23.2 Å². The van der Waals surface area contributed by atoms with E-state index in [2.05, 4.69) is 53.6 Å². The van der Waals surface area contributed by atoms with Crippen molar-refractivity contribution in [3.8, 4) is 0 Å². The van der Waals surface area contributed by atoms with Gasteiger partial charge in [0.05, 0.1) is 5.41 Å². The van der Waals surface area contributed by atoms with Crippen LogP contribution in [0.5, 0.6) is 0 Å². The number of fused-ring (bicyclic) bond motifs is 3. The molecule has 0 radical (unpaired) electrons. The van der Waals surface area contributed by atoms with Gasteiger partial charge in [-0.25, -0.2) is 0 Å². The fraction of sp³-hybridized carbons (Fsp3) is 0.480. The average molecular weight is 373 g/mol. The van der Waals surface area contributed by atoms with E-state index in [1.165, 1.54) is 41.1 Å². The number of nitrogens with one attached hydrogen (secondary N) is 2. The van der Waals surface area contributed by atoms with Crippen molar-refractivity contribution in [3.05, 3.63) is 42.0 Å². The number of anilines is 1. The summed E-state index contributed by atoms with van der Waals surface area (Å²) in [7, 11) is 0. The first-order chi connectivity index (χ1) is 13.6. The molecule has 1 heterocycles. The molecule has 3 heteroatoms. The van der Waals surface area contributed by atoms with Crippen LogP contribution < -0.4 is 5.32 Å². The van der Waals surface area contributed by atoms with E-state index in [4.69, 9.17) is 0 Å². The quantitative estimate of drug-likeness (QED) is 0.578. The number of amides is 1. The molecule has 0 unspecified atom stereocenters. The molecule has 0 aliphatic heterocycles. The molecule has 28 heavy (non-hydrogen) atoms. The molecule has 144 valence electrons. The monoisotopic (exact) mass is 372 g/mol. The Kier molecular flexibility index (Phi) is 3.48. The highest BCUT2D eigenvalue weighted by Crippen LogP contribution is 2.60. The number of aryl methyl sites for hydroxylation is 1. The molecule has 0 atom stereocenters. The SMILES string of the molecule is CCc1cccc2c1[nH]c1cc(NC(=O)C34CC5CC(CC(C5)C3)C4)ccc12. The number of aromatic amines is 1. The molecule has 4 aliphatic carbocycles. The van der Waals surface area contributed by atoms with Gasteiger partial charge in [0.15, 0.2) is 0 Å². The second kappa shape index (κ2) is 5.85. The lowest BCUT2D eigenvalue weighted by atomic mass is 9.49. The minimum atomic E-state index is -0.0977. The van der Waals surface area contributed by atoms with Gasteiger partial charge in [-0.15, -0.1) is 0 Å². The Labute approximate surface area is 165 Å². The number of benzene rings is 2. The first-order valence-electron chi connectivity index (χ1n) is 11.0. The van der Waals surface area contributed by atoms with Gasteiger partial charge in [-0.3, -0.25) is 4.79 Å². The second-order valence-corrected chi connectivity index (χ2v) is 9.73. The van der Waals surface area contributed by atoms with E-state index in [-0.39, 0.29) is 11.3 Å². The molecule has 0 spiro atoms. The highest BCUT2D eigenvalue weighted by atomic mass is 16.2. The Morgan fingerprint density at radius 3 is 2.43 bits per heavy atom. The van der Waals surface area contributed by atoms with E-state index in [9.17, 15) is 4.79 Å². The number of H-pyrrole nitrogens is 1. The normalized spacial score (nSPS) is 31.0. The van der Waals surface area contributed by atoms with Gasteiger partial charge in [0.25, 0.3) is 0 Å². The molecule has 4 bridgehead atoms. The minimum absolute atomic E-state index is 0.0977. The van der Waals surface area contributed by atoms with Gasteiger partial charge in [0, 0.05) is 27.5 Å². The van der Waals surface area contributed by atoms with Crippen LogP contribution in [0.15, 0.2) is 36.4 Å². The van der Waals surface area contributed by atoms with E-state index in [0.717, 1.165) is 54.6 Å². The molecule has 2 N–H and O–H groups in total. The van der Waals surface area contributed by atoms with Gasteiger partial charge in [0.2, 0.25) is 5.91 Å². The zero-order chi connectivity index (χ0) is 18.9. The number of aromatic nitrogens is 1. The third-order valence-electron chi connectivity index (χ3n) is 7.88. The second-order valence-electron chi connectivity index (χ2n) is 9.73. The molecule has 4 saturated carbocycles. The molecule has 4 fully saturated rings. The number of rotatable bonds is 3. The first-order valence-corrected chi connectivity index (χ1v) is 11.0. The molecule has 1 aromatic heterocycles. The summed E-state index contributed by atoms with van der Waals surface area (Å²) in [4.78, 5) is 16.9. The predicted molar refractivity (Wildman–Crippen MR) is 114 cm³/mol. The van der Waals surface area contributed by atoms with Crippen LogP contribution in [0.25, 0.3) is 21.8 Å². The maximum atomic E-state index is 13.4. The van der Waals surface area contributed by atoms with Crippen LogP contribution in [-0.2, 0) is 11.2 Å². The summed E-state index contributed by atoms with van der Waals surface area (Å²) in [5.41, 5.74) is 4.51. The molecular weight excluding hydrogens is 344 g/mol. The zero-order valence-electron chi connectivity index (χ0n) is 16.6. The van der Waals surface area contributed by atoms with Crippen LogP contribution in [0.2, 0.25) is 0 Å². The zero-order valence-corrected chi connectivity index (χ0v) is 16.6. The predicted octanol–water partition coefficient (Wildman–Crippen LogP) is 6.04. The highest BCUT2D eigenvalue weighted by Gasteiger charge is 2.54. The molecule has 1 amide bonds. The smallest absolute Gasteiger partial charge is 0.230 e. The Balaban J connectivity index is 1.33. The van der Waals surface area contributed by atoms with Crippen LogP contribution in [0.1, 0.15) is 51.0 Å². The van der Waals surface area contributed by atoms with E-state index in [1.807, 2.05) is 0 Å². The van der Waals surface area contributed by atoms with E-state index in [1.54, 1.807) is 0 Å². The maximum Gasteiger partial charge on any atom is 0.230 e. The Morgan fingerprint density at radius 1 is 1.04 bits per heavy atom. The summed E-state index contributed by atoms with van der Waals surface area (Å²) < 4.78 is 0.